The molecule has 0 bridgehead atoms. The normalized spacial score (nSPS) is 24.7. The highest BCUT2D eigenvalue weighted by molar-refractivity contribution is 6.30. The van der Waals surface area contributed by atoms with Crippen molar-refractivity contribution in [3.05, 3.63) is 29.0 Å². The van der Waals surface area contributed by atoms with Crippen molar-refractivity contribution < 1.29 is 9.84 Å². The summed E-state index contributed by atoms with van der Waals surface area (Å²) in [7, 11) is 0. The summed E-state index contributed by atoms with van der Waals surface area (Å²) in [4.78, 5) is 4.52. The quantitative estimate of drug-likeness (QED) is 0.900. The van der Waals surface area contributed by atoms with Crippen molar-refractivity contribution >= 4 is 11.6 Å². The van der Waals surface area contributed by atoms with Crippen LogP contribution >= 0.6 is 11.6 Å². The van der Waals surface area contributed by atoms with Crippen LogP contribution in [0.15, 0.2) is 18.3 Å². The first kappa shape index (κ1) is 15.2. The SMILES string of the molecule is OC1([C@@H](c2ccc(Cl)cn2)C2CCOCC2)CCNCC1. The van der Waals surface area contributed by atoms with Gasteiger partial charge in [-0.1, -0.05) is 11.6 Å². The molecule has 0 unspecified atom stereocenters. The van der Waals surface area contributed by atoms with Crippen molar-refractivity contribution in [1.82, 2.24) is 10.3 Å². The number of aliphatic hydroxyl groups is 1. The Hall–Kier alpha value is -0.680. The number of pyridine rings is 1. The van der Waals surface area contributed by atoms with Gasteiger partial charge in [0.15, 0.2) is 0 Å². The van der Waals surface area contributed by atoms with E-state index in [9.17, 15) is 5.11 Å². The molecule has 0 amide bonds. The summed E-state index contributed by atoms with van der Waals surface area (Å²) in [5.41, 5.74) is 0.296. The minimum atomic E-state index is -0.673. The average Bonchev–Trinajstić information content (AvgIpc) is 2.51. The molecule has 0 aromatic carbocycles. The van der Waals surface area contributed by atoms with Crippen LogP contribution in [-0.4, -0.2) is 42.0 Å². The number of halogens is 1. The van der Waals surface area contributed by atoms with E-state index in [0.29, 0.717) is 10.9 Å². The van der Waals surface area contributed by atoms with E-state index in [1.807, 2.05) is 12.1 Å². The lowest BCUT2D eigenvalue weighted by molar-refractivity contribution is -0.0535. The van der Waals surface area contributed by atoms with Gasteiger partial charge in [0, 0.05) is 31.0 Å². The van der Waals surface area contributed by atoms with Crippen molar-refractivity contribution in [3.63, 3.8) is 0 Å². The Bertz CT molecular complexity index is 454. The first-order valence-corrected chi connectivity index (χ1v) is 8.19. The van der Waals surface area contributed by atoms with Gasteiger partial charge in [-0.25, -0.2) is 0 Å². The summed E-state index contributed by atoms with van der Waals surface area (Å²) >= 11 is 5.97. The summed E-state index contributed by atoms with van der Waals surface area (Å²) in [6.45, 7) is 3.29. The smallest absolute Gasteiger partial charge is 0.0757 e. The molecular formula is C16H23ClN2O2. The molecule has 0 saturated carbocycles. The minimum Gasteiger partial charge on any atom is -0.389 e. The highest BCUT2D eigenvalue weighted by Gasteiger charge is 2.44. The van der Waals surface area contributed by atoms with Crippen LogP contribution in [-0.2, 0) is 4.74 Å². The monoisotopic (exact) mass is 310 g/mol. The van der Waals surface area contributed by atoms with Gasteiger partial charge in [0.1, 0.15) is 0 Å². The molecule has 2 N–H and O–H groups in total. The Labute approximate surface area is 130 Å². The molecular weight excluding hydrogens is 288 g/mol. The van der Waals surface area contributed by atoms with Crippen LogP contribution in [0.3, 0.4) is 0 Å². The second-order valence-corrected chi connectivity index (χ2v) is 6.62. The third-order valence-electron chi connectivity index (χ3n) is 4.85. The summed E-state index contributed by atoms with van der Waals surface area (Å²) in [5.74, 6) is 0.497. The van der Waals surface area contributed by atoms with Gasteiger partial charge >= 0.3 is 0 Å². The van der Waals surface area contributed by atoms with E-state index in [1.54, 1.807) is 6.20 Å². The number of hydrogen-bond donors (Lipinski definition) is 2. The second kappa shape index (κ2) is 6.61. The first-order chi connectivity index (χ1) is 10.2. The Kier molecular flexibility index (Phi) is 4.79. The lowest BCUT2D eigenvalue weighted by Gasteiger charge is -2.44. The molecule has 1 atom stereocenters. The van der Waals surface area contributed by atoms with Gasteiger partial charge in [-0.3, -0.25) is 4.98 Å². The maximum atomic E-state index is 11.3. The summed E-state index contributed by atoms with van der Waals surface area (Å²) in [6, 6.07) is 3.85. The fourth-order valence-corrected chi connectivity index (χ4v) is 3.86. The van der Waals surface area contributed by atoms with Crippen LogP contribution in [0.5, 0.6) is 0 Å². The molecule has 3 heterocycles. The summed E-state index contributed by atoms with van der Waals surface area (Å²) < 4.78 is 5.49. The zero-order valence-electron chi connectivity index (χ0n) is 12.2. The van der Waals surface area contributed by atoms with Gasteiger partial charge in [0.2, 0.25) is 0 Å². The molecule has 21 heavy (non-hydrogen) atoms. The molecule has 2 aliphatic heterocycles. The van der Waals surface area contributed by atoms with Crippen molar-refractivity contribution in [3.8, 4) is 0 Å². The lowest BCUT2D eigenvalue weighted by atomic mass is 9.69. The van der Waals surface area contributed by atoms with E-state index < -0.39 is 5.60 Å². The highest BCUT2D eigenvalue weighted by atomic mass is 35.5. The zero-order valence-corrected chi connectivity index (χ0v) is 13.0. The Morgan fingerprint density at radius 3 is 2.62 bits per heavy atom. The van der Waals surface area contributed by atoms with Gasteiger partial charge < -0.3 is 15.2 Å². The molecule has 5 heteroatoms. The van der Waals surface area contributed by atoms with Gasteiger partial charge in [-0.2, -0.15) is 0 Å². The number of ether oxygens (including phenoxy) is 1. The zero-order chi connectivity index (χ0) is 14.7. The third-order valence-corrected chi connectivity index (χ3v) is 5.08. The highest BCUT2D eigenvalue weighted by Crippen LogP contribution is 2.43. The molecule has 2 saturated heterocycles. The Morgan fingerprint density at radius 2 is 2.00 bits per heavy atom. The van der Waals surface area contributed by atoms with Gasteiger partial charge in [0.25, 0.3) is 0 Å². The van der Waals surface area contributed by atoms with Crippen LogP contribution in [0.4, 0.5) is 0 Å². The fourth-order valence-electron chi connectivity index (χ4n) is 3.75. The molecule has 0 radical (unpaired) electrons. The molecule has 116 valence electrons. The summed E-state index contributed by atoms with van der Waals surface area (Å²) in [5, 5.41) is 15.2. The predicted molar refractivity (Wildman–Crippen MR) is 82.6 cm³/mol. The average molecular weight is 311 g/mol. The van der Waals surface area contributed by atoms with Crippen molar-refractivity contribution in [2.45, 2.75) is 37.2 Å². The van der Waals surface area contributed by atoms with Crippen LogP contribution in [0.2, 0.25) is 5.02 Å². The topological polar surface area (TPSA) is 54.4 Å². The van der Waals surface area contributed by atoms with E-state index in [0.717, 1.165) is 57.7 Å². The summed E-state index contributed by atoms with van der Waals surface area (Å²) in [6.07, 6.45) is 5.22. The van der Waals surface area contributed by atoms with Crippen molar-refractivity contribution in [1.29, 1.82) is 0 Å². The van der Waals surface area contributed by atoms with Crippen LogP contribution in [0.1, 0.15) is 37.3 Å². The molecule has 1 aromatic heterocycles. The van der Waals surface area contributed by atoms with Crippen LogP contribution in [0.25, 0.3) is 0 Å². The van der Waals surface area contributed by atoms with Crippen LogP contribution < -0.4 is 5.32 Å². The lowest BCUT2D eigenvalue weighted by Crippen LogP contribution is -2.49. The van der Waals surface area contributed by atoms with Gasteiger partial charge in [-0.15, -0.1) is 0 Å². The van der Waals surface area contributed by atoms with Crippen LogP contribution in [0, 0.1) is 5.92 Å². The van der Waals surface area contributed by atoms with E-state index in [4.69, 9.17) is 16.3 Å². The third kappa shape index (κ3) is 3.39. The Balaban J connectivity index is 1.91. The van der Waals surface area contributed by atoms with E-state index in [1.165, 1.54) is 0 Å². The largest absolute Gasteiger partial charge is 0.389 e. The van der Waals surface area contributed by atoms with E-state index in [2.05, 4.69) is 10.3 Å². The fraction of sp³-hybridized carbons (Fsp3) is 0.688. The van der Waals surface area contributed by atoms with Crippen molar-refractivity contribution in [2.24, 2.45) is 5.92 Å². The molecule has 1 aromatic rings. The minimum absolute atomic E-state index is 0.0702. The number of aromatic nitrogens is 1. The van der Waals surface area contributed by atoms with Gasteiger partial charge in [-0.05, 0) is 56.8 Å². The first-order valence-electron chi connectivity index (χ1n) is 7.81. The maximum absolute atomic E-state index is 11.3. The maximum Gasteiger partial charge on any atom is 0.0757 e. The second-order valence-electron chi connectivity index (χ2n) is 6.18. The van der Waals surface area contributed by atoms with E-state index >= 15 is 0 Å². The molecule has 2 fully saturated rings. The molecule has 4 nitrogen and oxygen atoms in total. The van der Waals surface area contributed by atoms with Crippen molar-refractivity contribution in [2.75, 3.05) is 26.3 Å². The number of nitrogens with one attached hydrogen (secondary N) is 1. The number of hydrogen-bond acceptors (Lipinski definition) is 4. The van der Waals surface area contributed by atoms with E-state index in [-0.39, 0.29) is 5.92 Å². The Morgan fingerprint density at radius 1 is 1.29 bits per heavy atom. The predicted octanol–water partition coefficient (Wildman–Crippen LogP) is 2.36. The van der Waals surface area contributed by atoms with Gasteiger partial charge in [0.05, 0.1) is 10.6 Å². The molecule has 0 spiro atoms. The molecule has 0 aliphatic carbocycles. The molecule has 3 rings (SSSR count). The molecule has 2 aliphatic rings. The standard InChI is InChI=1S/C16H23ClN2O2/c17-13-1-2-14(19-11-13)15(12-3-9-21-10-4-12)16(20)5-7-18-8-6-16/h1-2,11-12,15,18,20H,3-10H2/t15-/m1/s1. The number of nitrogens with zero attached hydrogens (tertiary/aromatic N) is 1. The number of rotatable bonds is 3. The number of piperidine rings is 1.